The number of hydrogen-bond donors (Lipinski definition) is 2. The number of pyridine rings is 2. The fourth-order valence-corrected chi connectivity index (χ4v) is 4.25. The summed E-state index contributed by atoms with van der Waals surface area (Å²) < 4.78 is 0. The molecule has 1 aliphatic rings. The van der Waals surface area contributed by atoms with E-state index in [2.05, 4.69) is 55.3 Å². The van der Waals surface area contributed by atoms with Gasteiger partial charge >= 0.3 is 0 Å². The second-order valence-corrected chi connectivity index (χ2v) is 6.84. The summed E-state index contributed by atoms with van der Waals surface area (Å²) in [6.07, 6.45) is 9.86. The molecule has 1 aliphatic heterocycles. The molecule has 0 amide bonds. The van der Waals surface area contributed by atoms with Gasteiger partial charge in [-0.1, -0.05) is 0 Å². The van der Waals surface area contributed by atoms with Crippen LogP contribution in [-0.4, -0.2) is 32.2 Å². The van der Waals surface area contributed by atoms with E-state index in [4.69, 9.17) is 0 Å². The van der Waals surface area contributed by atoms with Crippen LogP contribution in [-0.2, 0) is 0 Å². The number of nitrogens with one attached hydrogen (secondary N) is 2. The van der Waals surface area contributed by atoms with Crippen LogP contribution in [0.5, 0.6) is 0 Å². The predicted octanol–water partition coefficient (Wildman–Crippen LogP) is 3.99. The highest BCUT2D eigenvalue weighted by molar-refractivity contribution is 8.08. The molecule has 0 bridgehead atoms. The Balaban J connectivity index is 1.63. The maximum atomic E-state index is 4.39. The monoisotopic (exact) mass is 333 g/mol. The van der Waals surface area contributed by atoms with Gasteiger partial charge in [-0.05, 0) is 24.3 Å². The highest BCUT2D eigenvalue weighted by atomic mass is 32.2. The molecule has 0 aliphatic carbocycles. The molecule has 24 heavy (non-hydrogen) atoms. The number of anilines is 1. The standard InChI is InChI=1S/C18H15N5S/c1-5-19-17-13(2-6-20-17)12(1)16-11-23(9-10-24-16)15-4-8-22-18-14(15)3-7-21-18/h1-8,11H,9-10H2,(H,19,20)(H,21,22). The van der Waals surface area contributed by atoms with Gasteiger partial charge in [-0.25, -0.2) is 9.97 Å². The Morgan fingerprint density at radius 3 is 2.54 bits per heavy atom. The summed E-state index contributed by atoms with van der Waals surface area (Å²) in [7, 11) is 0. The van der Waals surface area contributed by atoms with Gasteiger partial charge in [0, 0.05) is 64.5 Å². The van der Waals surface area contributed by atoms with E-state index < -0.39 is 0 Å². The van der Waals surface area contributed by atoms with E-state index in [0.29, 0.717) is 0 Å². The van der Waals surface area contributed by atoms with Crippen molar-refractivity contribution in [3.05, 3.63) is 60.8 Å². The van der Waals surface area contributed by atoms with Gasteiger partial charge in [0.15, 0.2) is 0 Å². The Hall–Kier alpha value is -2.73. The van der Waals surface area contributed by atoms with Crippen molar-refractivity contribution in [2.75, 3.05) is 17.2 Å². The maximum absolute atomic E-state index is 4.39. The Morgan fingerprint density at radius 1 is 0.917 bits per heavy atom. The summed E-state index contributed by atoms with van der Waals surface area (Å²) >= 11 is 1.89. The summed E-state index contributed by atoms with van der Waals surface area (Å²) in [6.45, 7) is 0.986. The first-order valence-corrected chi connectivity index (χ1v) is 8.84. The van der Waals surface area contributed by atoms with Crippen molar-refractivity contribution in [3.63, 3.8) is 0 Å². The Labute approximate surface area is 142 Å². The molecule has 5 rings (SSSR count). The van der Waals surface area contributed by atoms with Crippen LogP contribution >= 0.6 is 11.8 Å². The van der Waals surface area contributed by atoms with Crippen molar-refractivity contribution < 1.29 is 0 Å². The average Bonchev–Trinajstić information content (AvgIpc) is 3.30. The summed E-state index contributed by atoms with van der Waals surface area (Å²) in [5, 5.41) is 2.32. The topological polar surface area (TPSA) is 60.6 Å². The molecule has 0 atom stereocenters. The summed E-state index contributed by atoms with van der Waals surface area (Å²) in [4.78, 5) is 18.7. The van der Waals surface area contributed by atoms with Crippen molar-refractivity contribution in [2.24, 2.45) is 0 Å². The van der Waals surface area contributed by atoms with Gasteiger partial charge in [-0.2, -0.15) is 0 Å². The number of thioether (sulfide) groups is 1. The SMILES string of the molecule is C1=C(c2ccnc3[nH]ccc23)SCCN1c1ccnc2[nH]ccc12. The Morgan fingerprint density at radius 2 is 1.67 bits per heavy atom. The molecule has 6 heteroatoms. The fourth-order valence-electron chi connectivity index (χ4n) is 3.21. The van der Waals surface area contributed by atoms with E-state index in [1.807, 2.05) is 36.5 Å². The minimum absolute atomic E-state index is 0.928. The second-order valence-electron chi connectivity index (χ2n) is 5.70. The fraction of sp³-hybridized carbons (Fsp3) is 0.111. The molecule has 0 fully saturated rings. The van der Waals surface area contributed by atoms with Crippen LogP contribution in [0.2, 0.25) is 0 Å². The lowest BCUT2D eigenvalue weighted by Crippen LogP contribution is -2.23. The third-order valence-corrected chi connectivity index (χ3v) is 5.36. The van der Waals surface area contributed by atoms with Crippen LogP contribution < -0.4 is 4.90 Å². The number of fused-ring (bicyclic) bond motifs is 2. The molecule has 0 unspecified atom stereocenters. The number of hydrogen-bond acceptors (Lipinski definition) is 4. The van der Waals surface area contributed by atoms with Crippen LogP contribution in [0.15, 0.2) is 55.3 Å². The number of H-pyrrole nitrogens is 2. The van der Waals surface area contributed by atoms with Crippen LogP contribution in [0.3, 0.4) is 0 Å². The molecule has 118 valence electrons. The average molecular weight is 333 g/mol. The molecular formula is C18H15N5S. The lowest BCUT2D eigenvalue weighted by molar-refractivity contribution is 1.03. The van der Waals surface area contributed by atoms with E-state index >= 15 is 0 Å². The molecule has 2 N–H and O–H groups in total. The van der Waals surface area contributed by atoms with Crippen molar-refractivity contribution in [1.29, 1.82) is 0 Å². The smallest absolute Gasteiger partial charge is 0.139 e. The third kappa shape index (κ3) is 2.11. The van der Waals surface area contributed by atoms with Crippen LogP contribution in [0, 0.1) is 0 Å². The van der Waals surface area contributed by atoms with Crippen molar-refractivity contribution in [2.45, 2.75) is 0 Å². The van der Waals surface area contributed by atoms with E-state index in [9.17, 15) is 0 Å². The van der Waals surface area contributed by atoms with Gasteiger partial charge in [0.05, 0.1) is 5.69 Å². The van der Waals surface area contributed by atoms with Crippen LogP contribution in [0.25, 0.3) is 27.0 Å². The maximum Gasteiger partial charge on any atom is 0.139 e. The van der Waals surface area contributed by atoms with Gasteiger partial charge in [0.25, 0.3) is 0 Å². The zero-order valence-corrected chi connectivity index (χ0v) is 13.7. The molecular weight excluding hydrogens is 318 g/mol. The minimum Gasteiger partial charge on any atom is -0.346 e. The molecule has 0 radical (unpaired) electrons. The highest BCUT2D eigenvalue weighted by Gasteiger charge is 2.18. The zero-order valence-electron chi connectivity index (χ0n) is 12.9. The quantitative estimate of drug-likeness (QED) is 0.582. The second kappa shape index (κ2) is 5.42. The molecule has 4 aromatic heterocycles. The lowest BCUT2D eigenvalue weighted by Gasteiger charge is -2.27. The Bertz CT molecular complexity index is 1060. The highest BCUT2D eigenvalue weighted by Crippen LogP contribution is 2.37. The normalized spacial score (nSPS) is 15.2. The molecule has 0 aromatic carbocycles. The van der Waals surface area contributed by atoms with Gasteiger partial charge in [-0.3, -0.25) is 0 Å². The predicted molar refractivity (Wildman–Crippen MR) is 100.0 cm³/mol. The molecule has 5 heterocycles. The largest absolute Gasteiger partial charge is 0.346 e. The Kier molecular flexibility index (Phi) is 3.09. The zero-order chi connectivity index (χ0) is 15.9. The molecule has 4 aromatic rings. The van der Waals surface area contributed by atoms with E-state index in [1.165, 1.54) is 21.5 Å². The number of aromatic nitrogens is 4. The first kappa shape index (κ1) is 13.7. The number of aromatic amines is 2. The summed E-state index contributed by atoms with van der Waals surface area (Å²) in [6, 6.07) is 8.36. The van der Waals surface area contributed by atoms with Gasteiger partial charge in [0.2, 0.25) is 0 Å². The first-order valence-electron chi connectivity index (χ1n) is 7.86. The van der Waals surface area contributed by atoms with Crippen molar-refractivity contribution in [1.82, 2.24) is 19.9 Å². The van der Waals surface area contributed by atoms with E-state index in [-0.39, 0.29) is 0 Å². The first-order chi connectivity index (χ1) is 11.9. The van der Waals surface area contributed by atoms with E-state index in [0.717, 1.165) is 29.0 Å². The van der Waals surface area contributed by atoms with E-state index in [1.54, 1.807) is 0 Å². The lowest BCUT2D eigenvalue weighted by atomic mass is 10.1. The molecule has 5 nitrogen and oxygen atoms in total. The van der Waals surface area contributed by atoms with Gasteiger partial charge in [0.1, 0.15) is 11.3 Å². The third-order valence-electron chi connectivity index (χ3n) is 4.34. The minimum atomic E-state index is 0.928. The van der Waals surface area contributed by atoms with Gasteiger partial charge in [-0.15, -0.1) is 11.8 Å². The molecule has 0 saturated carbocycles. The van der Waals surface area contributed by atoms with Crippen LogP contribution in [0.4, 0.5) is 5.69 Å². The summed E-state index contributed by atoms with van der Waals surface area (Å²) in [5.74, 6) is 1.05. The summed E-state index contributed by atoms with van der Waals surface area (Å²) in [5.41, 5.74) is 4.29. The van der Waals surface area contributed by atoms with Crippen molar-refractivity contribution >= 4 is 44.4 Å². The molecule has 0 saturated heterocycles. The van der Waals surface area contributed by atoms with Gasteiger partial charge < -0.3 is 14.9 Å². The number of rotatable bonds is 2. The van der Waals surface area contributed by atoms with Crippen molar-refractivity contribution in [3.8, 4) is 0 Å². The van der Waals surface area contributed by atoms with Crippen LogP contribution in [0.1, 0.15) is 5.56 Å². The molecule has 0 spiro atoms. The number of nitrogens with zero attached hydrogens (tertiary/aromatic N) is 3.